The highest BCUT2D eigenvalue weighted by Crippen LogP contribution is 2.65. The zero-order chi connectivity index (χ0) is 19.0. The van der Waals surface area contributed by atoms with E-state index >= 15 is 0 Å². The molecule has 4 bridgehead atoms. The predicted octanol–water partition coefficient (Wildman–Crippen LogP) is 3.26. The Morgan fingerprint density at radius 1 is 0.964 bits per heavy atom. The van der Waals surface area contributed by atoms with Crippen molar-refractivity contribution >= 4 is 0 Å². The van der Waals surface area contributed by atoms with Gasteiger partial charge in [-0.2, -0.15) is 0 Å². The molecule has 2 heterocycles. The van der Waals surface area contributed by atoms with Crippen molar-refractivity contribution in [2.75, 3.05) is 40.0 Å². The van der Waals surface area contributed by atoms with Crippen molar-refractivity contribution in [2.24, 2.45) is 17.8 Å². The standard InChI is InChI=1S/C22H36N4O2/c1-27-10-5-8-26-20(22-15-17-12-18(16-22)14-19(22)13-17)23-24-21(26)28-11-9-25-6-3-2-4-7-25/h17-19H,2-16H2,1H3. The Kier molecular flexibility index (Phi) is 5.35. The molecule has 2 unspecified atom stereocenters. The summed E-state index contributed by atoms with van der Waals surface area (Å²) in [5.41, 5.74) is 0.280. The summed E-state index contributed by atoms with van der Waals surface area (Å²) in [6, 6.07) is 0.740. The maximum absolute atomic E-state index is 6.20. The van der Waals surface area contributed by atoms with E-state index in [0.29, 0.717) is 6.61 Å². The Hall–Kier alpha value is -1.14. The zero-order valence-corrected chi connectivity index (χ0v) is 17.4. The first-order chi connectivity index (χ1) is 13.8. The van der Waals surface area contributed by atoms with Gasteiger partial charge in [-0.1, -0.05) is 11.5 Å². The van der Waals surface area contributed by atoms with Crippen LogP contribution in [0.15, 0.2) is 0 Å². The molecule has 6 nitrogen and oxygen atoms in total. The van der Waals surface area contributed by atoms with Gasteiger partial charge < -0.3 is 9.47 Å². The number of piperidine rings is 1. The smallest absolute Gasteiger partial charge is 0.317 e. The van der Waals surface area contributed by atoms with Gasteiger partial charge in [0.25, 0.3) is 0 Å². The summed E-state index contributed by atoms with van der Waals surface area (Å²) >= 11 is 0. The fourth-order valence-corrected chi connectivity index (χ4v) is 6.94. The summed E-state index contributed by atoms with van der Waals surface area (Å²) in [6.07, 6.45) is 11.9. The summed E-state index contributed by atoms with van der Waals surface area (Å²) in [7, 11) is 1.78. The average Bonchev–Trinajstić information content (AvgIpc) is 3.30. The molecule has 0 aromatic carbocycles. The zero-order valence-electron chi connectivity index (χ0n) is 17.4. The molecule has 0 spiro atoms. The first kappa shape index (κ1) is 18.9. The first-order valence-electron chi connectivity index (χ1n) is 11.6. The number of hydrogen-bond acceptors (Lipinski definition) is 5. The molecule has 1 aromatic heterocycles. The van der Waals surface area contributed by atoms with Crippen LogP contribution in [0.3, 0.4) is 0 Å². The van der Waals surface area contributed by atoms with Crippen LogP contribution >= 0.6 is 0 Å². The van der Waals surface area contributed by atoms with Crippen LogP contribution in [0.4, 0.5) is 0 Å². The van der Waals surface area contributed by atoms with Gasteiger partial charge in [-0.05, 0) is 82.2 Å². The van der Waals surface area contributed by atoms with Gasteiger partial charge in [0.15, 0.2) is 0 Å². The van der Waals surface area contributed by atoms with E-state index in [4.69, 9.17) is 14.6 Å². The molecule has 1 aromatic rings. The van der Waals surface area contributed by atoms with Crippen LogP contribution in [0.2, 0.25) is 0 Å². The SMILES string of the molecule is COCCCn1c(OCCN2CCCCC2)nnc1C12CC3CC(CC1C3)C2. The lowest BCUT2D eigenvalue weighted by molar-refractivity contribution is 0.167. The number of aromatic nitrogens is 3. The van der Waals surface area contributed by atoms with E-state index in [0.717, 1.165) is 49.9 Å². The second-order valence-electron chi connectivity index (χ2n) is 9.76. The van der Waals surface area contributed by atoms with E-state index in [1.165, 1.54) is 70.3 Å². The first-order valence-corrected chi connectivity index (χ1v) is 11.6. The molecule has 1 saturated heterocycles. The van der Waals surface area contributed by atoms with Gasteiger partial charge in [-0.25, -0.2) is 0 Å². The van der Waals surface area contributed by atoms with E-state index in [-0.39, 0.29) is 5.41 Å². The van der Waals surface area contributed by atoms with Crippen LogP contribution in [0.5, 0.6) is 6.01 Å². The molecule has 28 heavy (non-hydrogen) atoms. The number of ether oxygens (including phenoxy) is 2. The lowest BCUT2D eigenvalue weighted by Crippen LogP contribution is -2.34. The van der Waals surface area contributed by atoms with Crippen molar-refractivity contribution in [3.63, 3.8) is 0 Å². The van der Waals surface area contributed by atoms with Crippen molar-refractivity contribution in [1.82, 2.24) is 19.7 Å². The summed E-state index contributed by atoms with van der Waals surface area (Å²) in [5.74, 6) is 3.89. The Balaban J connectivity index is 1.31. The fraction of sp³-hybridized carbons (Fsp3) is 0.909. The number of nitrogens with zero attached hydrogens (tertiary/aromatic N) is 4. The van der Waals surface area contributed by atoms with E-state index < -0.39 is 0 Å². The third-order valence-electron chi connectivity index (χ3n) is 7.97. The molecule has 0 N–H and O–H groups in total. The molecule has 2 atom stereocenters. The van der Waals surface area contributed by atoms with Gasteiger partial charge in [0.2, 0.25) is 0 Å². The van der Waals surface area contributed by atoms with Crippen LogP contribution in [0.1, 0.15) is 63.6 Å². The van der Waals surface area contributed by atoms with Gasteiger partial charge in [-0.3, -0.25) is 9.47 Å². The highest BCUT2D eigenvalue weighted by molar-refractivity contribution is 5.24. The van der Waals surface area contributed by atoms with Gasteiger partial charge in [0.05, 0.1) is 0 Å². The van der Waals surface area contributed by atoms with E-state index in [1.807, 2.05) is 0 Å². The minimum Gasteiger partial charge on any atom is -0.462 e. The van der Waals surface area contributed by atoms with Crippen molar-refractivity contribution in [2.45, 2.75) is 69.7 Å². The molecule has 1 aliphatic heterocycles. The van der Waals surface area contributed by atoms with Gasteiger partial charge in [-0.15, -0.1) is 5.10 Å². The molecular weight excluding hydrogens is 352 g/mol. The Morgan fingerprint density at radius 3 is 2.50 bits per heavy atom. The highest BCUT2D eigenvalue weighted by Gasteiger charge is 2.60. The third kappa shape index (κ3) is 3.36. The monoisotopic (exact) mass is 388 g/mol. The molecule has 156 valence electrons. The molecular formula is C22H36N4O2. The Labute approximate surface area is 169 Å². The van der Waals surface area contributed by atoms with E-state index in [2.05, 4.69) is 14.6 Å². The summed E-state index contributed by atoms with van der Waals surface area (Å²) in [6.45, 7) is 5.80. The molecule has 4 saturated carbocycles. The summed E-state index contributed by atoms with van der Waals surface area (Å²) in [5, 5.41) is 9.31. The topological polar surface area (TPSA) is 52.4 Å². The van der Waals surface area contributed by atoms with Crippen LogP contribution in [0, 0.1) is 17.8 Å². The van der Waals surface area contributed by atoms with E-state index in [9.17, 15) is 0 Å². The van der Waals surface area contributed by atoms with Crippen molar-refractivity contribution in [3.8, 4) is 6.01 Å². The second-order valence-corrected chi connectivity index (χ2v) is 9.76. The highest BCUT2D eigenvalue weighted by atomic mass is 16.5. The van der Waals surface area contributed by atoms with E-state index in [1.54, 1.807) is 7.11 Å². The number of methoxy groups -OCH3 is 1. The quantitative estimate of drug-likeness (QED) is 0.608. The molecule has 0 radical (unpaired) electrons. The molecule has 6 heteroatoms. The van der Waals surface area contributed by atoms with Gasteiger partial charge >= 0.3 is 6.01 Å². The molecule has 4 aliphatic carbocycles. The third-order valence-corrected chi connectivity index (χ3v) is 7.97. The largest absolute Gasteiger partial charge is 0.462 e. The Bertz CT molecular complexity index is 655. The molecule has 6 rings (SSSR count). The van der Waals surface area contributed by atoms with Crippen LogP contribution in [-0.2, 0) is 16.7 Å². The Morgan fingerprint density at radius 2 is 1.75 bits per heavy atom. The van der Waals surface area contributed by atoms with Gasteiger partial charge in [0, 0.05) is 32.2 Å². The number of likely N-dealkylation sites (tertiary alicyclic amines) is 1. The maximum atomic E-state index is 6.20. The van der Waals surface area contributed by atoms with Crippen LogP contribution in [-0.4, -0.2) is 59.6 Å². The lowest BCUT2D eigenvalue weighted by Gasteiger charge is -2.32. The van der Waals surface area contributed by atoms with Crippen molar-refractivity contribution in [3.05, 3.63) is 5.82 Å². The molecule has 5 fully saturated rings. The number of rotatable bonds is 9. The van der Waals surface area contributed by atoms with Gasteiger partial charge in [0.1, 0.15) is 12.4 Å². The van der Waals surface area contributed by atoms with Crippen molar-refractivity contribution < 1.29 is 9.47 Å². The summed E-state index contributed by atoms with van der Waals surface area (Å²) in [4.78, 5) is 2.52. The minimum absolute atomic E-state index is 0.280. The van der Waals surface area contributed by atoms with Crippen LogP contribution < -0.4 is 4.74 Å². The maximum Gasteiger partial charge on any atom is 0.317 e. The van der Waals surface area contributed by atoms with Crippen LogP contribution in [0.25, 0.3) is 0 Å². The van der Waals surface area contributed by atoms with Crippen molar-refractivity contribution in [1.29, 1.82) is 0 Å². The molecule has 5 aliphatic rings. The normalized spacial score (nSPS) is 34.4. The lowest BCUT2D eigenvalue weighted by atomic mass is 9.75. The molecule has 0 amide bonds. The minimum atomic E-state index is 0.280. The second kappa shape index (κ2) is 7.94. The summed E-state index contributed by atoms with van der Waals surface area (Å²) < 4.78 is 13.8. The average molecular weight is 389 g/mol. The number of hydrogen-bond donors (Lipinski definition) is 0. The fourth-order valence-electron chi connectivity index (χ4n) is 6.94. The predicted molar refractivity (Wildman–Crippen MR) is 108 cm³/mol.